The number of ether oxygens (including phenoxy) is 1. The van der Waals surface area contributed by atoms with Crippen LogP contribution in [0.25, 0.3) is 0 Å². The molecule has 0 aliphatic heterocycles. The highest BCUT2D eigenvalue weighted by molar-refractivity contribution is 5.68. The number of carboxylic acid groups (broad SMARTS) is 1. The molecule has 0 amide bonds. The van der Waals surface area contributed by atoms with Gasteiger partial charge in [0.15, 0.2) is 0 Å². The molecule has 0 unspecified atom stereocenters. The smallest absolute Gasteiger partial charge is 0.329 e. The Bertz CT molecular complexity index is 330. The molecular weight excluding hydrogens is 204 g/mol. The van der Waals surface area contributed by atoms with E-state index in [1.54, 1.807) is 0 Å². The van der Waals surface area contributed by atoms with Crippen molar-refractivity contribution in [2.45, 2.75) is 32.3 Å². The molecule has 0 aromatic heterocycles. The molecule has 1 N–H and O–H groups in total. The van der Waals surface area contributed by atoms with Crippen LogP contribution in [-0.4, -0.2) is 23.3 Å². The van der Waals surface area contributed by atoms with Crippen LogP contribution in [0.3, 0.4) is 0 Å². The molecule has 0 atom stereocenters. The summed E-state index contributed by atoms with van der Waals surface area (Å²) in [7, 11) is 0. The van der Waals surface area contributed by atoms with E-state index >= 15 is 0 Å². The fourth-order valence-electron chi connectivity index (χ4n) is 1.42. The fourth-order valence-corrected chi connectivity index (χ4v) is 1.42. The van der Waals surface area contributed by atoms with E-state index in [0.29, 0.717) is 0 Å². The van der Waals surface area contributed by atoms with Gasteiger partial charge in [-0.2, -0.15) is 0 Å². The van der Waals surface area contributed by atoms with Crippen molar-refractivity contribution in [1.29, 1.82) is 0 Å². The van der Waals surface area contributed by atoms with Crippen molar-refractivity contribution >= 4 is 5.97 Å². The van der Waals surface area contributed by atoms with Crippen LogP contribution in [-0.2, 0) is 16.0 Å². The van der Waals surface area contributed by atoms with Gasteiger partial charge in [-0.3, -0.25) is 0 Å². The van der Waals surface area contributed by atoms with E-state index in [-0.39, 0.29) is 6.61 Å². The Labute approximate surface area is 96.1 Å². The number of hydrogen-bond donors (Lipinski definition) is 1. The third kappa shape index (κ3) is 4.94. The van der Waals surface area contributed by atoms with Gasteiger partial charge in [0, 0.05) is 0 Å². The first-order valence-electron chi connectivity index (χ1n) is 5.39. The lowest BCUT2D eigenvalue weighted by molar-refractivity contribution is -0.148. The lowest BCUT2D eigenvalue weighted by atomic mass is 9.98. The average Bonchev–Trinajstić information content (AvgIpc) is 2.26. The molecule has 88 valence electrons. The van der Waals surface area contributed by atoms with E-state index in [4.69, 9.17) is 9.84 Å². The molecule has 0 radical (unpaired) electrons. The molecule has 1 aromatic rings. The SMILES string of the molecule is CC(C)(CCc1ccccc1)OCC(=O)O. The number of hydrogen-bond acceptors (Lipinski definition) is 2. The molecule has 0 saturated heterocycles. The maximum atomic E-state index is 10.4. The van der Waals surface area contributed by atoms with Crippen LogP contribution in [0.2, 0.25) is 0 Å². The summed E-state index contributed by atoms with van der Waals surface area (Å²) in [6.07, 6.45) is 1.71. The minimum atomic E-state index is -0.923. The molecule has 3 nitrogen and oxygen atoms in total. The maximum Gasteiger partial charge on any atom is 0.329 e. The largest absolute Gasteiger partial charge is 0.480 e. The zero-order valence-electron chi connectivity index (χ0n) is 9.77. The van der Waals surface area contributed by atoms with Crippen LogP contribution in [0.5, 0.6) is 0 Å². The maximum absolute atomic E-state index is 10.4. The van der Waals surface area contributed by atoms with Crippen molar-refractivity contribution in [3.05, 3.63) is 35.9 Å². The molecule has 16 heavy (non-hydrogen) atoms. The van der Waals surface area contributed by atoms with Crippen molar-refractivity contribution in [3.63, 3.8) is 0 Å². The topological polar surface area (TPSA) is 46.5 Å². The Balaban J connectivity index is 2.38. The summed E-state index contributed by atoms with van der Waals surface area (Å²) >= 11 is 0. The van der Waals surface area contributed by atoms with Crippen LogP contribution in [0.1, 0.15) is 25.8 Å². The van der Waals surface area contributed by atoms with E-state index in [1.165, 1.54) is 5.56 Å². The second kappa shape index (κ2) is 5.66. The summed E-state index contributed by atoms with van der Waals surface area (Å²) in [5, 5.41) is 8.54. The normalized spacial score (nSPS) is 11.4. The highest BCUT2D eigenvalue weighted by Gasteiger charge is 2.19. The van der Waals surface area contributed by atoms with Crippen LogP contribution >= 0.6 is 0 Å². The molecule has 0 heterocycles. The van der Waals surface area contributed by atoms with Crippen molar-refractivity contribution in [3.8, 4) is 0 Å². The molecule has 1 aromatic carbocycles. The number of aliphatic carboxylic acids is 1. The van der Waals surface area contributed by atoms with E-state index in [1.807, 2.05) is 32.0 Å². The van der Waals surface area contributed by atoms with Crippen LogP contribution in [0.15, 0.2) is 30.3 Å². The highest BCUT2D eigenvalue weighted by Crippen LogP contribution is 2.17. The van der Waals surface area contributed by atoms with Gasteiger partial charge in [0.05, 0.1) is 5.60 Å². The zero-order chi connectivity index (χ0) is 12.0. The Morgan fingerprint density at radius 2 is 1.94 bits per heavy atom. The molecule has 0 aliphatic rings. The number of carbonyl (C=O) groups is 1. The molecule has 0 aliphatic carbocycles. The number of carboxylic acids is 1. The molecule has 1 rings (SSSR count). The monoisotopic (exact) mass is 222 g/mol. The number of benzene rings is 1. The Morgan fingerprint density at radius 1 is 1.31 bits per heavy atom. The van der Waals surface area contributed by atoms with Crippen LogP contribution < -0.4 is 0 Å². The molecule has 0 saturated carbocycles. The van der Waals surface area contributed by atoms with Crippen molar-refractivity contribution in [2.75, 3.05) is 6.61 Å². The molecule has 3 heteroatoms. The summed E-state index contributed by atoms with van der Waals surface area (Å²) in [5.74, 6) is -0.923. The number of rotatable bonds is 6. The molecule has 0 bridgehead atoms. The second-order valence-electron chi connectivity index (χ2n) is 4.43. The first-order chi connectivity index (χ1) is 7.49. The lowest BCUT2D eigenvalue weighted by Crippen LogP contribution is -2.28. The Morgan fingerprint density at radius 3 is 2.50 bits per heavy atom. The third-order valence-corrected chi connectivity index (χ3v) is 2.44. The van der Waals surface area contributed by atoms with Gasteiger partial charge in [0.2, 0.25) is 0 Å². The van der Waals surface area contributed by atoms with Gasteiger partial charge >= 0.3 is 5.97 Å². The van der Waals surface area contributed by atoms with Gasteiger partial charge in [0.25, 0.3) is 0 Å². The lowest BCUT2D eigenvalue weighted by Gasteiger charge is -2.24. The minimum absolute atomic E-state index is 0.234. The predicted molar refractivity (Wildman–Crippen MR) is 62.4 cm³/mol. The predicted octanol–water partition coefficient (Wildman–Crippen LogP) is 2.50. The first kappa shape index (κ1) is 12.7. The Kier molecular flexibility index (Phi) is 4.50. The van der Waals surface area contributed by atoms with Crippen molar-refractivity contribution in [1.82, 2.24) is 0 Å². The van der Waals surface area contributed by atoms with Crippen LogP contribution in [0.4, 0.5) is 0 Å². The van der Waals surface area contributed by atoms with E-state index in [0.717, 1.165) is 12.8 Å². The van der Waals surface area contributed by atoms with Crippen LogP contribution in [0, 0.1) is 0 Å². The van der Waals surface area contributed by atoms with Crippen molar-refractivity contribution < 1.29 is 14.6 Å². The number of aryl methyl sites for hydroxylation is 1. The van der Waals surface area contributed by atoms with Gasteiger partial charge in [0.1, 0.15) is 6.61 Å². The summed E-state index contributed by atoms with van der Waals surface area (Å²) in [4.78, 5) is 10.4. The molecule has 0 spiro atoms. The van der Waals surface area contributed by atoms with Gasteiger partial charge in [-0.1, -0.05) is 30.3 Å². The molecule has 0 fully saturated rings. The fraction of sp³-hybridized carbons (Fsp3) is 0.462. The van der Waals surface area contributed by atoms with Crippen molar-refractivity contribution in [2.24, 2.45) is 0 Å². The first-order valence-corrected chi connectivity index (χ1v) is 5.39. The zero-order valence-corrected chi connectivity index (χ0v) is 9.77. The standard InChI is InChI=1S/C13H18O3/c1-13(2,16-10-12(14)15)9-8-11-6-4-3-5-7-11/h3-7H,8-10H2,1-2H3,(H,14,15). The van der Waals surface area contributed by atoms with Gasteiger partial charge < -0.3 is 9.84 Å². The third-order valence-electron chi connectivity index (χ3n) is 2.44. The minimum Gasteiger partial charge on any atom is -0.480 e. The van der Waals surface area contributed by atoms with Gasteiger partial charge in [-0.25, -0.2) is 4.79 Å². The average molecular weight is 222 g/mol. The van der Waals surface area contributed by atoms with E-state index < -0.39 is 11.6 Å². The quantitative estimate of drug-likeness (QED) is 0.804. The van der Waals surface area contributed by atoms with E-state index in [2.05, 4.69) is 12.1 Å². The summed E-state index contributed by atoms with van der Waals surface area (Å²) in [6, 6.07) is 10.1. The summed E-state index contributed by atoms with van der Waals surface area (Å²) < 4.78 is 5.31. The van der Waals surface area contributed by atoms with Gasteiger partial charge in [-0.15, -0.1) is 0 Å². The summed E-state index contributed by atoms with van der Waals surface area (Å²) in [6.45, 7) is 3.60. The second-order valence-corrected chi connectivity index (χ2v) is 4.43. The summed E-state index contributed by atoms with van der Waals surface area (Å²) in [5.41, 5.74) is 0.850. The molecular formula is C13H18O3. The Hall–Kier alpha value is -1.35. The highest BCUT2D eigenvalue weighted by atomic mass is 16.5. The van der Waals surface area contributed by atoms with E-state index in [9.17, 15) is 4.79 Å². The van der Waals surface area contributed by atoms with Gasteiger partial charge in [-0.05, 0) is 32.3 Å².